The number of hydrogen-bond acceptors (Lipinski definition) is 2. The summed E-state index contributed by atoms with van der Waals surface area (Å²) in [5.41, 5.74) is 2.30. The SMILES string of the molecule is Cc1ccc(Oc2cccc(COc3ccccc3)c2)cc1. The van der Waals surface area contributed by atoms with Gasteiger partial charge in [-0.2, -0.15) is 0 Å². The standard InChI is InChI=1S/C20H18O2/c1-16-10-12-19(13-11-16)22-20-9-5-6-17(14-20)15-21-18-7-3-2-4-8-18/h2-14H,15H2,1H3. The maximum atomic E-state index is 5.87. The Morgan fingerprint density at radius 1 is 0.682 bits per heavy atom. The second-order valence-corrected chi connectivity index (χ2v) is 5.16. The first-order valence-corrected chi connectivity index (χ1v) is 7.31. The molecular weight excluding hydrogens is 272 g/mol. The van der Waals surface area contributed by atoms with Gasteiger partial charge in [0.05, 0.1) is 0 Å². The van der Waals surface area contributed by atoms with Crippen molar-refractivity contribution >= 4 is 0 Å². The lowest BCUT2D eigenvalue weighted by Gasteiger charge is -2.09. The monoisotopic (exact) mass is 290 g/mol. The van der Waals surface area contributed by atoms with Crippen LogP contribution in [-0.2, 0) is 6.61 Å². The average Bonchev–Trinajstić information content (AvgIpc) is 2.57. The summed E-state index contributed by atoms with van der Waals surface area (Å²) in [7, 11) is 0. The largest absolute Gasteiger partial charge is 0.489 e. The molecule has 0 amide bonds. The third kappa shape index (κ3) is 3.89. The van der Waals surface area contributed by atoms with Crippen molar-refractivity contribution in [3.63, 3.8) is 0 Å². The van der Waals surface area contributed by atoms with Gasteiger partial charge in [-0.3, -0.25) is 0 Å². The van der Waals surface area contributed by atoms with Crippen LogP contribution in [0.15, 0.2) is 78.9 Å². The molecule has 3 aromatic carbocycles. The first kappa shape index (κ1) is 14.2. The molecule has 0 atom stereocenters. The minimum atomic E-state index is 0.523. The fraction of sp³-hybridized carbons (Fsp3) is 0.100. The van der Waals surface area contributed by atoms with E-state index in [9.17, 15) is 0 Å². The van der Waals surface area contributed by atoms with E-state index in [-0.39, 0.29) is 0 Å². The number of para-hydroxylation sites is 1. The van der Waals surface area contributed by atoms with Crippen molar-refractivity contribution in [3.8, 4) is 17.2 Å². The van der Waals surface area contributed by atoms with Crippen molar-refractivity contribution in [1.29, 1.82) is 0 Å². The molecule has 0 N–H and O–H groups in total. The van der Waals surface area contributed by atoms with Crippen LogP contribution in [-0.4, -0.2) is 0 Å². The van der Waals surface area contributed by atoms with Crippen molar-refractivity contribution in [2.75, 3.05) is 0 Å². The van der Waals surface area contributed by atoms with Crippen LogP contribution in [0.25, 0.3) is 0 Å². The van der Waals surface area contributed by atoms with Crippen molar-refractivity contribution in [2.45, 2.75) is 13.5 Å². The Bertz CT molecular complexity index is 718. The molecule has 0 aromatic heterocycles. The lowest BCUT2D eigenvalue weighted by atomic mass is 10.2. The van der Waals surface area contributed by atoms with Crippen molar-refractivity contribution in [3.05, 3.63) is 90.0 Å². The molecule has 0 aliphatic carbocycles. The summed E-state index contributed by atoms with van der Waals surface area (Å²) in [6.45, 7) is 2.58. The van der Waals surface area contributed by atoms with E-state index >= 15 is 0 Å². The van der Waals surface area contributed by atoms with Gasteiger partial charge in [-0.1, -0.05) is 48.0 Å². The van der Waals surface area contributed by atoms with Crippen LogP contribution in [0.3, 0.4) is 0 Å². The third-order valence-corrected chi connectivity index (χ3v) is 3.30. The number of benzene rings is 3. The van der Waals surface area contributed by atoms with Gasteiger partial charge in [0.15, 0.2) is 0 Å². The highest BCUT2D eigenvalue weighted by molar-refractivity contribution is 5.35. The Labute approximate surface area is 131 Å². The highest BCUT2D eigenvalue weighted by Crippen LogP contribution is 2.23. The molecule has 3 aromatic rings. The van der Waals surface area contributed by atoms with Gasteiger partial charge >= 0.3 is 0 Å². The second-order valence-electron chi connectivity index (χ2n) is 5.16. The van der Waals surface area contributed by atoms with Crippen LogP contribution in [0, 0.1) is 6.92 Å². The summed E-state index contributed by atoms with van der Waals surface area (Å²) in [6, 6.07) is 25.8. The summed E-state index contributed by atoms with van der Waals surface area (Å²) in [5, 5.41) is 0. The van der Waals surface area contributed by atoms with E-state index < -0.39 is 0 Å². The van der Waals surface area contributed by atoms with Crippen LogP contribution in [0.1, 0.15) is 11.1 Å². The molecule has 2 nitrogen and oxygen atoms in total. The van der Waals surface area contributed by atoms with E-state index in [1.54, 1.807) is 0 Å². The van der Waals surface area contributed by atoms with Gasteiger partial charge in [-0.05, 0) is 48.9 Å². The number of rotatable bonds is 5. The first-order chi connectivity index (χ1) is 10.8. The van der Waals surface area contributed by atoms with Gasteiger partial charge in [-0.15, -0.1) is 0 Å². The Hall–Kier alpha value is -2.74. The summed E-state index contributed by atoms with van der Waals surface area (Å²) in [5.74, 6) is 2.53. The number of ether oxygens (including phenoxy) is 2. The molecule has 0 bridgehead atoms. The molecule has 22 heavy (non-hydrogen) atoms. The Morgan fingerprint density at radius 3 is 2.18 bits per heavy atom. The molecule has 0 aliphatic heterocycles. The Balaban J connectivity index is 1.66. The van der Waals surface area contributed by atoms with Crippen LogP contribution in [0.5, 0.6) is 17.2 Å². The van der Waals surface area contributed by atoms with Gasteiger partial charge in [0.2, 0.25) is 0 Å². The lowest BCUT2D eigenvalue weighted by molar-refractivity contribution is 0.305. The minimum Gasteiger partial charge on any atom is -0.489 e. The molecule has 0 radical (unpaired) electrons. The van der Waals surface area contributed by atoms with Crippen molar-refractivity contribution < 1.29 is 9.47 Å². The van der Waals surface area contributed by atoms with E-state index in [1.165, 1.54) is 5.56 Å². The van der Waals surface area contributed by atoms with Gasteiger partial charge < -0.3 is 9.47 Å². The Morgan fingerprint density at radius 2 is 1.41 bits per heavy atom. The molecular formula is C20H18O2. The normalized spacial score (nSPS) is 10.2. The quantitative estimate of drug-likeness (QED) is 0.629. The molecule has 0 spiro atoms. The maximum absolute atomic E-state index is 5.87. The van der Waals surface area contributed by atoms with Crippen LogP contribution < -0.4 is 9.47 Å². The summed E-state index contributed by atoms with van der Waals surface area (Å²) in [6.07, 6.45) is 0. The first-order valence-electron chi connectivity index (χ1n) is 7.31. The number of hydrogen-bond donors (Lipinski definition) is 0. The minimum absolute atomic E-state index is 0.523. The predicted octanol–water partition coefficient (Wildman–Crippen LogP) is 5.37. The van der Waals surface area contributed by atoms with Crippen molar-refractivity contribution in [2.24, 2.45) is 0 Å². The smallest absolute Gasteiger partial charge is 0.127 e. The van der Waals surface area contributed by atoms with E-state index in [1.807, 2.05) is 78.9 Å². The summed E-state index contributed by atoms with van der Waals surface area (Å²) < 4.78 is 11.6. The van der Waals surface area contributed by atoms with Crippen LogP contribution in [0.2, 0.25) is 0 Å². The zero-order valence-electron chi connectivity index (χ0n) is 12.5. The molecule has 0 unspecified atom stereocenters. The predicted molar refractivity (Wildman–Crippen MR) is 88.5 cm³/mol. The highest BCUT2D eigenvalue weighted by Gasteiger charge is 2.00. The van der Waals surface area contributed by atoms with Gasteiger partial charge in [0.25, 0.3) is 0 Å². The maximum Gasteiger partial charge on any atom is 0.127 e. The fourth-order valence-electron chi connectivity index (χ4n) is 2.12. The van der Waals surface area contributed by atoms with E-state index in [2.05, 4.69) is 6.92 Å². The fourth-order valence-corrected chi connectivity index (χ4v) is 2.12. The zero-order valence-corrected chi connectivity index (χ0v) is 12.5. The van der Waals surface area contributed by atoms with Crippen LogP contribution >= 0.6 is 0 Å². The third-order valence-electron chi connectivity index (χ3n) is 3.30. The molecule has 0 fully saturated rings. The molecule has 0 aliphatic rings. The molecule has 3 rings (SSSR count). The zero-order chi connectivity index (χ0) is 15.2. The van der Waals surface area contributed by atoms with E-state index in [0.717, 1.165) is 22.8 Å². The van der Waals surface area contributed by atoms with Gasteiger partial charge in [-0.25, -0.2) is 0 Å². The number of aryl methyl sites for hydroxylation is 1. The lowest BCUT2D eigenvalue weighted by Crippen LogP contribution is -1.95. The molecule has 0 saturated heterocycles. The second kappa shape index (κ2) is 6.81. The molecule has 110 valence electrons. The summed E-state index contributed by atoms with van der Waals surface area (Å²) >= 11 is 0. The van der Waals surface area contributed by atoms with Gasteiger partial charge in [0.1, 0.15) is 23.9 Å². The van der Waals surface area contributed by atoms with E-state index in [4.69, 9.17) is 9.47 Å². The van der Waals surface area contributed by atoms with Gasteiger partial charge in [0, 0.05) is 0 Å². The topological polar surface area (TPSA) is 18.5 Å². The average molecular weight is 290 g/mol. The van der Waals surface area contributed by atoms with Crippen LogP contribution in [0.4, 0.5) is 0 Å². The van der Waals surface area contributed by atoms with E-state index in [0.29, 0.717) is 6.61 Å². The summed E-state index contributed by atoms with van der Waals surface area (Å²) in [4.78, 5) is 0. The molecule has 0 saturated carbocycles. The molecule has 2 heteroatoms. The molecule has 0 heterocycles. The van der Waals surface area contributed by atoms with Crippen molar-refractivity contribution in [1.82, 2.24) is 0 Å². The Kier molecular flexibility index (Phi) is 4.40. The highest BCUT2D eigenvalue weighted by atomic mass is 16.5.